The van der Waals surface area contributed by atoms with Crippen molar-refractivity contribution in [2.45, 2.75) is 51.7 Å². The van der Waals surface area contributed by atoms with Gasteiger partial charge in [-0.15, -0.1) is 0 Å². The van der Waals surface area contributed by atoms with Crippen molar-refractivity contribution >= 4 is 5.69 Å². The van der Waals surface area contributed by atoms with Crippen molar-refractivity contribution in [3.63, 3.8) is 0 Å². The molecule has 3 aromatic carbocycles. The Hall–Kier alpha value is -5.68. The van der Waals surface area contributed by atoms with Gasteiger partial charge in [0.05, 0.1) is 60.7 Å². The predicted octanol–water partition coefficient (Wildman–Crippen LogP) is 8.71. The molecule has 11 nitrogen and oxygen atoms in total. The van der Waals surface area contributed by atoms with Crippen LogP contribution in [-0.2, 0) is 13.1 Å². The summed E-state index contributed by atoms with van der Waals surface area (Å²) in [5.74, 6) is 4.39. The van der Waals surface area contributed by atoms with Gasteiger partial charge in [0.1, 0.15) is 5.75 Å². The van der Waals surface area contributed by atoms with E-state index in [9.17, 15) is 0 Å². The van der Waals surface area contributed by atoms with Gasteiger partial charge in [0.15, 0.2) is 23.0 Å². The summed E-state index contributed by atoms with van der Waals surface area (Å²) >= 11 is 0. The monoisotopic (exact) mass is 762 g/mol. The zero-order valence-corrected chi connectivity index (χ0v) is 33.7. The minimum absolute atomic E-state index is 0.336. The Kier molecular flexibility index (Phi) is 13.8. The number of anilines is 1. The molecule has 296 valence electrons. The first kappa shape index (κ1) is 40.0. The Balaban J connectivity index is 1.20. The Bertz CT molecular complexity index is 1980. The molecule has 0 N–H and O–H groups in total. The minimum Gasteiger partial charge on any atom is -0.494 e. The average Bonchev–Trinajstić information content (AvgIpc) is 3.25. The summed E-state index contributed by atoms with van der Waals surface area (Å²) < 4.78 is 39.6. The highest BCUT2D eigenvalue weighted by Gasteiger charge is 2.26. The third-order valence-corrected chi connectivity index (χ3v) is 10.3. The number of hydrogen-bond acceptors (Lipinski definition) is 11. The molecule has 0 radical (unpaired) electrons. The predicted molar refractivity (Wildman–Crippen MR) is 220 cm³/mol. The van der Waals surface area contributed by atoms with Crippen LogP contribution < -0.4 is 38.1 Å². The van der Waals surface area contributed by atoms with Gasteiger partial charge in [-0.2, -0.15) is 0 Å². The van der Waals surface area contributed by atoms with Gasteiger partial charge in [-0.3, -0.25) is 14.9 Å². The lowest BCUT2D eigenvalue weighted by Crippen LogP contribution is -2.44. The zero-order valence-electron chi connectivity index (χ0n) is 33.7. The van der Waals surface area contributed by atoms with Gasteiger partial charge in [-0.1, -0.05) is 13.3 Å². The summed E-state index contributed by atoms with van der Waals surface area (Å²) in [6.45, 7) is 6.39. The van der Waals surface area contributed by atoms with Gasteiger partial charge >= 0.3 is 0 Å². The molecule has 0 aliphatic carbocycles. The van der Waals surface area contributed by atoms with E-state index in [1.807, 2.05) is 36.7 Å². The number of hydrogen-bond donors (Lipinski definition) is 0. The van der Waals surface area contributed by atoms with Crippen LogP contribution in [0.15, 0.2) is 85.2 Å². The normalized spacial score (nSPS) is 13.2. The molecule has 1 fully saturated rings. The topological polar surface area (TPSA) is 96.9 Å². The van der Waals surface area contributed by atoms with E-state index in [0.29, 0.717) is 40.5 Å². The number of likely N-dealkylation sites (tertiary alicyclic amines) is 1. The minimum atomic E-state index is 0.336. The molecule has 0 spiro atoms. The Morgan fingerprint density at radius 2 is 1.12 bits per heavy atom. The van der Waals surface area contributed by atoms with E-state index in [1.165, 1.54) is 11.3 Å². The maximum atomic E-state index is 6.02. The molecular weight excluding hydrogens is 709 g/mol. The number of methoxy groups -OCH3 is 6. The smallest absolute Gasteiger partial charge is 0.203 e. The van der Waals surface area contributed by atoms with Crippen molar-refractivity contribution in [2.24, 2.45) is 0 Å². The second kappa shape index (κ2) is 19.3. The molecule has 11 heteroatoms. The van der Waals surface area contributed by atoms with Crippen molar-refractivity contribution in [3.05, 3.63) is 96.3 Å². The summed E-state index contributed by atoms with van der Waals surface area (Å²) in [7, 11) is 9.72. The molecule has 0 atom stereocenters. The molecule has 0 amide bonds. The van der Waals surface area contributed by atoms with Crippen molar-refractivity contribution in [1.82, 2.24) is 14.9 Å². The number of unbranched alkanes of at least 4 members (excludes halogenated alkanes) is 1. The quantitative estimate of drug-likeness (QED) is 0.0803. The number of pyridine rings is 2. The molecule has 5 aromatic rings. The second-order valence-corrected chi connectivity index (χ2v) is 13.8. The van der Waals surface area contributed by atoms with Crippen LogP contribution >= 0.6 is 0 Å². The molecule has 56 heavy (non-hydrogen) atoms. The summed E-state index contributed by atoms with van der Waals surface area (Å²) in [5, 5.41) is 0. The van der Waals surface area contributed by atoms with E-state index in [-0.39, 0.29) is 0 Å². The van der Waals surface area contributed by atoms with E-state index >= 15 is 0 Å². The summed E-state index contributed by atoms with van der Waals surface area (Å²) in [6, 6.07) is 25.2. The van der Waals surface area contributed by atoms with E-state index in [0.717, 1.165) is 92.3 Å². The molecule has 1 saturated heterocycles. The van der Waals surface area contributed by atoms with Crippen molar-refractivity contribution in [3.8, 4) is 62.8 Å². The van der Waals surface area contributed by atoms with Crippen LogP contribution in [0.25, 0.3) is 22.5 Å². The zero-order chi connectivity index (χ0) is 39.4. The average molecular weight is 763 g/mol. The molecule has 6 rings (SSSR count). The lowest BCUT2D eigenvalue weighted by molar-refractivity contribution is 0.201. The number of nitrogens with zero attached hydrogens (tertiary/aromatic N) is 4. The number of benzene rings is 3. The van der Waals surface area contributed by atoms with Gasteiger partial charge in [-0.05, 0) is 103 Å². The number of aromatic nitrogens is 2. The van der Waals surface area contributed by atoms with Crippen LogP contribution in [-0.4, -0.2) is 83.3 Å². The molecule has 1 aliphatic rings. The molecule has 0 saturated carbocycles. The fourth-order valence-electron chi connectivity index (χ4n) is 7.26. The largest absolute Gasteiger partial charge is 0.494 e. The molecule has 0 unspecified atom stereocenters. The molecule has 0 bridgehead atoms. The highest BCUT2D eigenvalue weighted by atomic mass is 16.5. The third kappa shape index (κ3) is 9.39. The first-order valence-electron chi connectivity index (χ1n) is 19.1. The van der Waals surface area contributed by atoms with Crippen LogP contribution in [0.1, 0.15) is 43.7 Å². The van der Waals surface area contributed by atoms with Crippen molar-refractivity contribution < 1.29 is 33.2 Å². The highest BCUT2D eigenvalue weighted by molar-refractivity contribution is 5.70. The van der Waals surface area contributed by atoms with E-state index < -0.39 is 0 Å². The molecular formula is C45H54N4O7. The lowest BCUT2D eigenvalue weighted by Gasteiger charge is -2.40. The Morgan fingerprint density at radius 3 is 1.61 bits per heavy atom. The second-order valence-electron chi connectivity index (χ2n) is 13.8. The number of ether oxygens (including phenoxy) is 7. The fourth-order valence-corrected chi connectivity index (χ4v) is 7.26. The van der Waals surface area contributed by atoms with Gasteiger partial charge in [0.2, 0.25) is 11.5 Å². The maximum absolute atomic E-state index is 6.02. The highest BCUT2D eigenvalue weighted by Crippen LogP contribution is 2.42. The molecule has 1 aliphatic heterocycles. The van der Waals surface area contributed by atoms with Crippen molar-refractivity contribution in [2.75, 3.05) is 67.3 Å². The first-order valence-corrected chi connectivity index (χ1v) is 19.1. The lowest BCUT2D eigenvalue weighted by atomic mass is 10.00. The third-order valence-electron chi connectivity index (χ3n) is 10.3. The molecule has 3 heterocycles. The Morgan fingerprint density at radius 1 is 0.625 bits per heavy atom. The van der Waals surface area contributed by atoms with E-state index in [1.54, 1.807) is 42.7 Å². The Labute approximate surface area is 331 Å². The van der Waals surface area contributed by atoms with Gasteiger partial charge in [-0.25, -0.2) is 0 Å². The summed E-state index contributed by atoms with van der Waals surface area (Å²) in [5.41, 5.74) is 7.01. The SMILES string of the molecule is CCCCOc1ccc(N(Cc2ccnc(-c3cc(OC)c(OC)c(OC)c3)c2)C2CCN(Cc3ccnc(-c4cc(OC)c(OC)c(OC)c4)c3)CC2)cc1. The van der Waals surface area contributed by atoms with Gasteiger partial charge < -0.3 is 38.1 Å². The van der Waals surface area contributed by atoms with Gasteiger partial charge in [0, 0.05) is 61.4 Å². The maximum Gasteiger partial charge on any atom is 0.203 e. The van der Waals surface area contributed by atoms with Gasteiger partial charge in [0.25, 0.3) is 0 Å². The molecule has 2 aromatic heterocycles. The van der Waals surface area contributed by atoms with E-state index in [2.05, 4.69) is 70.2 Å². The summed E-state index contributed by atoms with van der Waals surface area (Å²) in [6.07, 6.45) is 7.92. The van der Waals surface area contributed by atoms with Crippen LogP contribution in [0.3, 0.4) is 0 Å². The number of piperidine rings is 1. The summed E-state index contributed by atoms with van der Waals surface area (Å²) in [4.78, 5) is 14.5. The first-order chi connectivity index (χ1) is 27.4. The van der Waals surface area contributed by atoms with Crippen LogP contribution in [0.2, 0.25) is 0 Å². The van der Waals surface area contributed by atoms with Crippen LogP contribution in [0, 0.1) is 0 Å². The standard InChI is InChI=1S/C45H54N4O7/c1-8-9-22-56-37-12-10-35(11-13-37)49(30-32-15-19-47-39(24-32)34-27-42(52-4)45(55-7)43(28-34)53-5)36-16-20-48(21-17-36)29-31-14-18-46-38(23-31)33-25-40(50-2)44(54-6)41(26-33)51-3/h10-15,18-19,23-28,36H,8-9,16-17,20-22,29-30H2,1-7H3. The van der Waals surface area contributed by atoms with E-state index in [4.69, 9.17) is 38.1 Å². The van der Waals surface area contributed by atoms with Crippen LogP contribution in [0.4, 0.5) is 5.69 Å². The number of rotatable bonds is 18. The fraction of sp³-hybridized carbons (Fsp3) is 0.378. The van der Waals surface area contributed by atoms with Crippen LogP contribution in [0.5, 0.6) is 40.2 Å². The van der Waals surface area contributed by atoms with Crippen molar-refractivity contribution in [1.29, 1.82) is 0 Å².